The molecule has 0 bridgehead atoms. The van der Waals surface area contributed by atoms with E-state index in [1.807, 2.05) is 4.90 Å². The number of ether oxygens (including phenoxy) is 3. The minimum Gasteiger partial charge on any atom is -0.496 e. The van der Waals surface area contributed by atoms with Gasteiger partial charge in [0.25, 0.3) is 0 Å². The Balaban J connectivity index is 2.33. The summed E-state index contributed by atoms with van der Waals surface area (Å²) in [6, 6.07) is 3.61. The molecule has 1 fully saturated rings. The Morgan fingerprint density at radius 2 is 1.74 bits per heavy atom. The van der Waals surface area contributed by atoms with Crippen LogP contribution in [0.2, 0.25) is 0 Å². The van der Waals surface area contributed by atoms with Crippen molar-refractivity contribution in [2.24, 2.45) is 0 Å². The van der Waals surface area contributed by atoms with Gasteiger partial charge in [-0.05, 0) is 6.42 Å². The quantitative estimate of drug-likeness (QED) is 0.815. The van der Waals surface area contributed by atoms with E-state index < -0.39 is 0 Å². The van der Waals surface area contributed by atoms with Crippen molar-refractivity contribution >= 4 is 5.91 Å². The standard InChI is InChI=1S/C14H19NO4/c1-17-10-7-12(18-2)11(13(8-10)19-3)9-15-6-4-5-14(15)16/h7-8H,4-6,9H2,1-3H3. The smallest absolute Gasteiger partial charge is 0.222 e. The van der Waals surface area contributed by atoms with E-state index in [1.54, 1.807) is 33.5 Å². The number of hydrogen-bond donors (Lipinski definition) is 0. The molecule has 1 aliphatic heterocycles. The highest BCUT2D eigenvalue weighted by molar-refractivity contribution is 5.78. The van der Waals surface area contributed by atoms with Gasteiger partial charge in [-0.1, -0.05) is 0 Å². The van der Waals surface area contributed by atoms with Crippen molar-refractivity contribution in [2.75, 3.05) is 27.9 Å². The molecule has 0 N–H and O–H groups in total. The maximum absolute atomic E-state index is 11.7. The van der Waals surface area contributed by atoms with Crippen molar-refractivity contribution < 1.29 is 19.0 Å². The summed E-state index contributed by atoms with van der Waals surface area (Å²) in [7, 11) is 4.80. The van der Waals surface area contributed by atoms with Crippen molar-refractivity contribution in [1.29, 1.82) is 0 Å². The highest BCUT2D eigenvalue weighted by atomic mass is 16.5. The molecule has 1 saturated heterocycles. The average Bonchev–Trinajstić information content (AvgIpc) is 2.84. The number of benzene rings is 1. The van der Waals surface area contributed by atoms with Crippen molar-refractivity contribution in [1.82, 2.24) is 4.90 Å². The molecule has 1 heterocycles. The van der Waals surface area contributed by atoms with Gasteiger partial charge < -0.3 is 19.1 Å². The van der Waals surface area contributed by atoms with Crippen molar-refractivity contribution in [2.45, 2.75) is 19.4 Å². The predicted octanol–water partition coefficient (Wildman–Crippen LogP) is 1.83. The summed E-state index contributed by atoms with van der Waals surface area (Å²) >= 11 is 0. The first-order valence-corrected chi connectivity index (χ1v) is 6.26. The number of carbonyl (C=O) groups is 1. The van der Waals surface area contributed by atoms with Crippen LogP contribution in [0, 0.1) is 0 Å². The van der Waals surface area contributed by atoms with Crippen LogP contribution in [-0.2, 0) is 11.3 Å². The third-order valence-electron chi connectivity index (χ3n) is 3.34. The van der Waals surface area contributed by atoms with Crippen LogP contribution >= 0.6 is 0 Å². The summed E-state index contributed by atoms with van der Waals surface area (Å²) < 4.78 is 16.0. The van der Waals surface area contributed by atoms with Gasteiger partial charge in [0.15, 0.2) is 0 Å². The van der Waals surface area contributed by atoms with Gasteiger partial charge >= 0.3 is 0 Å². The Morgan fingerprint density at radius 3 is 2.16 bits per heavy atom. The Hall–Kier alpha value is -1.91. The molecule has 0 atom stereocenters. The van der Waals surface area contributed by atoms with E-state index >= 15 is 0 Å². The number of likely N-dealkylation sites (tertiary alicyclic amines) is 1. The lowest BCUT2D eigenvalue weighted by Gasteiger charge is -2.20. The normalized spacial score (nSPS) is 14.7. The molecule has 1 aromatic rings. The van der Waals surface area contributed by atoms with E-state index in [-0.39, 0.29) is 5.91 Å². The Kier molecular flexibility index (Phi) is 4.14. The molecule has 0 radical (unpaired) electrons. The molecule has 1 aliphatic rings. The largest absolute Gasteiger partial charge is 0.496 e. The average molecular weight is 265 g/mol. The molecule has 0 spiro atoms. The van der Waals surface area contributed by atoms with Crippen LogP contribution in [0.25, 0.3) is 0 Å². The van der Waals surface area contributed by atoms with E-state index in [0.717, 1.165) is 18.5 Å². The summed E-state index contributed by atoms with van der Waals surface area (Å²) in [6.45, 7) is 1.30. The maximum Gasteiger partial charge on any atom is 0.222 e. The maximum atomic E-state index is 11.7. The third-order valence-corrected chi connectivity index (χ3v) is 3.34. The van der Waals surface area contributed by atoms with Gasteiger partial charge in [-0.2, -0.15) is 0 Å². The van der Waals surface area contributed by atoms with Crippen LogP contribution in [0.1, 0.15) is 18.4 Å². The van der Waals surface area contributed by atoms with Crippen molar-refractivity contribution in [3.8, 4) is 17.2 Å². The van der Waals surface area contributed by atoms with Gasteiger partial charge in [0.2, 0.25) is 5.91 Å². The lowest BCUT2D eigenvalue weighted by Crippen LogP contribution is -2.24. The van der Waals surface area contributed by atoms with Crippen LogP contribution in [0.5, 0.6) is 17.2 Å². The third kappa shape index (κ3) is 2.75. The van der Waals surface area contributed by atoms with Gasteiger partial charge in [0.05, 0.1) is 33.4 Å². The van der Waals surface area contributed by atoms with Gasteiger partial charge in [-0.25, -0.2) is 0 Å². The molecule has 1 amide bonds. The minimum absolute atomic E-state index is 0.180. The monoisotopic (exact) mass is 265 g/mol. The van der Waals surface area contributed by atoms with Crippen LogP contribution in [0.15, 0.2) is 12.1 Å². The number of methoxy groups -OCH3 is 3. The predicted molar refractivity (Wildman–Crippen MR) is 70.7 cm³/mol. The van der Waals surface area contributed by atoms with Gasteiger partial charge in [-0.3, -0.25) is 4.79 Å². The lowest BCUT2D eigenvalue weighted by molar-refractivity contribution is -0.128. The van der Waals surface area contributed by atoms with E-state index in [4.69, 9.17) is 14.2 Å². The van der Waals surface area contributed by atoms with E-state index in [0.29, 0.717) is 30.2 Å². The number of nitrogens with zero attached hydrogens (tertiary/aromatic N) is 1. The number of hydrogen-bond acceptors (Lipinski definition) is 4. The zero-order chi connectivity index (χ0) is 13.8. The summed E-state index contributed by atoms with van der Waals surface area (Å²) in [6.07, 6.45) is 1.54. The Morgan fingerprint density at radius 1 is 1.11 bits per heavy atom. The second-order valence-electron chi connectivity index (χ2n) is 4.43. The summed E-state index contributed by atoms with van der Waals surface area (Å²) in [5, 5.41) is 0. The molecule has 5 heteroatoms. The molecule has 0 aromatic heterocycles. The molecule has 1 aromatic carbocycles. The van der Waals surface area contributed by atoms with Crippen LogP contribution in [0.3, 0.4) is 0 Å². The molecular formula is C14H19NO4. The second-order valence-corrected chi connectivity index (χ2v) is 4.43. The summed E-state index contributed by atoms with van der Waals surface area (Å²) in [4.78, 5) is 13.5. The number of carbonyl (C=O) groups excluding carboxylic acids is 1. The second kappa shape index (κ2) is 5.82. The molecule has 0 unspecified atom stereocenters. The van der Waals surface area contributed by atoms with Gasteiger partial charge in [0, 0.05) is 25.1 Å². The molecule has 0 aliphatic carbocycles. The van der Waals surface area contributed by atoms with Crippen LogP contribution in [0.4, 0.5) is 0 Å². The van der Waals surface area contributed by atoms with Gasteiger partial charge in [0.1, 0.15) is 17.2 Å². The summed E-state index contributed by atoms with van der Waals surface area (Å²) in [5.74, 6) is 2.21. The van der Waals surface area contributed by atoms with E-state index in [2.05, 4.69) is 0 Å². The SMILES string of the molecule is COc1cc(OC)c(CN2CCCC2=O)c(OC)c1. The number of amides is 1. The topological polar surface area (TPSA) is 48.0 Å². The Labute approximate surface area is 113 Å². The Bertz CT molecular complexity index is 448. The molecule has 2 rings (SSSR count). The van der Waals surface area contributed by atoms with Gasteiger partial charge in [-0.15, -0.1) is 0 Å². The highest BCUT2D eigenvalue weighted by Crippen LogP contribution is 2.35. The lowest BCUT2D eigenvalue weighted by atomic mass is 10.1. The summed E-state index contributed by atoms with van der Waals surface area (Å²) in [5.41, 5.74) is 0.876. The number of rotatable bonds is 5. The molecule has 0 saturated carbocycles. The van der Waals surface area contributed by atoms with Crippen LogP contribution < -0.4 is 14.2 Å². The molecule has 5 nitrogen and oxygen atoms in total. The zero-order valence-electron chi connectivity index (χ0n) is 11.6. The fraction of sp³-hybridized carbons (Fsp3) is 0.500. The minimum atomic E-state index is 0.180. The fourth-order valence-electron chi connectivity index (χ4n) is 2.30. The van der Waals surface area contributed by atoms with Crippen molar-refractivity contribution in [3.63, 3.8) is 0 Å². The first-order chi connectivity index (χ1) is 9.19. The molecule has 104 valence electrons. The first kappa shape index (κ1) is 13.5. The van der Waals surface area contributed by atoms with E-state index in [9.17, 15) is 4.79 Å². The first-order valence-electron chi connectivity index (χ1n) is 6.26. The van der Waals surface area contributed by atoms with E-state index in [1.165, 1.54) is 0 Å². The zero-order valence-corrected chi connectivity index (χ0v) is 11.6. The highest BCUT2D eigenvalue weighted by Gasteiger charge is 2.23. The molecular weight excluding hydrogens is 246 g/mol. The fourth-order valence-corrected chi connectivity index (χ4v) is 2.30. The van der Waals surface area contributed by atoms with Crippen LogP contribution in [-0.4, -0.2) is 38.7 Å². The molecule has 19 heavy (non-hydrogen) atoms. The van der Waals surface area contributed by atoms with Crippen molar-refractivity contribution in [3.05, 3.63) is 17.7 Å².